The molecule has 10 heteroatoms. The molecule has 0 amide bonds. The summed E-state index contributed by atoms with van der Waals surface area (Å²) in [5.74, 6) is -0.643. The van der Waals surface area contributed by atoms with Gasteiger partial charge in [-0.3, -0.25) is 9.47 Å². The fourth-order valence-electron chi connectivity index (χ4n) is 5.22. The molecule has 3 aromatic rings. The van der Waals surface area contributed by atoms with Crippen molar-refractivity contribution in [1.82, 2.24) is 19.7 Å². The third kappa shape index (κ3) is 3.58. The molecule has 4 bridgehead atoms. The number of ether oxygens (including phenoxy) is 1. The molecule has 9 nitrogen and oxygen atoms in total. The van der Waals surface area contributed by atoms with Gasteiger partial charge in [0.15, 0.2) is 5.75 Å². The number of hydrogen-bond donors (Lipinski definition) is 0. The molecule has 0 saturated carbocycles. The molecule has 0 atom stereocenters. The molecule has 0 aliphatic carbocycles. The lowest BCUT2D eigenvalue weighted by Crippen LogP contribution is -2.78. The van der Waals surface area contributed by atoms with Crippen LogP contribution in [0.4, 0.5) is 0 Å². The Bertz CT molecular complexity index is 1260. The van der Waals surface area contributed by atoms with E-state index in [-0.39, 0.29) is 11.3 Å². The van der Waals surface area contributed by atoms with Crippen LogP contribution in [-0.4, -0.2) is 70.1 Å². The number of halogens is 1. The highest BCUT2D eigenvalue weighted by atomic mass is 35.5. The first kappa shape index (κ1) is 19.8. The predicted octanol–water partition coefficient (Wildman–Crippen LogP) is 2.07. The third-order valence-corrected chi connectivity index (χ3v) is 6.33. The van der Waals surface area contributed by atoms with Crippen LogP contribution in [0.15, 0.2) is 51.9 Å². The minimum atomic E-state index is -0.805. The van der Waals surface area contributed by atoms with Crippen molar-refractivity contribution in [3.8, 4) is 5.75 Å². The Balaban J connectivity index is 1.29. The van der Waals surface area contributed by atoms with E-state index < -0.39 is 11.6 Å². The number of pyridine rings is 1. The van der Waals surface area contributed by atoms with E-state index in [1.54, 1.807) is 6.07 Å². The Morgan fingerprint density at radius 3 is 2.47 bits per heavy atom. The summed E-state index contributed by atoms with van der Waals surface area (Å²) in [6.07, 6.45) is 2.79. The average Bonchev–Trinajstić information content (AvgIpc) is 2.72. The molecule has 4 fully saturated rings. The Morgan fingerprint density at radius 2 is 1.78 bits per heavy atom. The maximum atomic E-state index is 12.6. The van der Waals surface area contributed by atoms with Crippen LogP contribution >= 0.6 is 11.6 Å². The van der Waals surface area contributed by atoms with E-state index >= 15 is 0 Å². The lowest BCUT2D eigenvalue weighted by Gasteiger charge is -2.60. The van der Waals surface area contributed by atoms with Gasteiger partial charge < -0.3 is 9.15 Å². The second kappa shape index (κ2) is 7.36. The summed E-state index contributed by atoms with van der Waals surface area (Å²) >= 11 is 5.88. The van der Waals surface area contributed by atoms with Gasteiger partial charge in [0.25, 0.3) is 0 Å². The predicted molar refractivity (Wildman–Crippen MR) is 115 cm³/mol. The molecular weight excluding hydrogens is 434 g/mol. The second-order valence-electron chi connectivity index (χ2n) is 8.91. The fraction of sp³-hybridized carbons (Fsp3) is 0.318. The summed E-state index contributed by atoms with van der Waals surface area (Å²) in [6.45, 7) is 7.06. The van der Waals surface area contributed by atoms with Gasteiger partial charge in [-0.05, 0) is 24.3 Å². The van der Waals surface area contributed by atoms with Crippen LogP contribution in [0.25, 0.3) is 11.0 Å². The van der Waals surface area contributed by atoms with Crippen molar-refractivity contribution in [2.45, 2.75) is 6.54 Å². The summed E-state index contributed by atoms with van der Waals surface area (Å²) in [7, 11) is 0. The van der Waals surface area contributed by atoms with E-state index in [0.29, 0.717) is 16.0 Å². The van der Waals surface area contributed by atoms with Gasteiger partial charge in [0.05, 0.1) is 31.2 Å². The molecule has 0 N–H and O–H groups in total. The highest BCUT2D eigenvalue weighted by Gasteiger charge is 2.48. The first-order valence-corrected chi connectivity index (χ1v) is 10.7. The number of hydrogen-bond acceptors (Lipinski definition) is 8. The molecule has 7 rings (SSSR count). The van der Waals surface area contributed by atoms with Gasteiger partial charge in [0.2, 0.25) is 0 Å². The van der Waals surface area contributed by atoms with Crippen LogP contribution < -0.4 is 10.4 Å². The SMILES string of the molecule is O=C(Oc1cncc(Cl)c1)c1cc2cc(C[N+]34CN5CN(CN(C5)C3)C4)ccc2oc1=O. The van der Waals surface area contributed by atoms with Crippen LogP contribution in [0.2, 0.25) is 5.02 Å². The van der Waals surface area contributed by atoms with Crippen LogP contribution in [0.5, 0.6) is 5.75 Å². The fourth-order valence-corrected chi connectivity index (χ4v) is 5.38. The monoisotopic (exact) mass is 454 g/mol. The molecule has 32 heavy (non-hydrogen) atoms. The van der Waals surface area contributed by atoms with Gasteiger partial charge in [-0.25, -0.2) is 24.3 Å². The minimum absolute atomic E-state index is 0.162. The van der Waals surface area contributed by atoms with Gasteiger partial charge >= 0.3 is 11.6 Å². The zero-order valence-corrected chi connectivity index (χ0v) is 18.0. The molecule has 4 aliphatic rings. The molecule has 164 valence electrons. The van der Waals surface area contributed by atoms with Gasteiger partial charge in [-0.15, -0.1) is 0 Å². The van der Waals surface area contributed by atoms with Crippen molar-refractivity contribution in [3.63, 3.8) is 0 Å². The lowest BCUT2D eigenvalue weighted by atomic mass is 10.1. The number of carbonyl (C=O) groups excluding carboxylic acids is 1. The van der Waals surface area contributed by atoms with Gasteiger partial charge in [-0.2, -0.15) is 0 Å². The maximum Gasteiger partial charge on any atom is 0.351 e. The first-order chi connectivity index (χ1) is 15.4. The van der Waals surface area contributed by atoms with E-state index in [2.05, 4.69) is 19.7 Å². The number of nitrogens with zero attached hydrogens (tertiary/aromatic N) is 5. The standard InChI is InChI=1S/C22H21ClN5O4/c23-17-5-18(7-24-6-17)31-21(29)19-4-16-3-15(1-2-20(16)32-22(19)30)8-28-12-25-9-26(13-28)11-27(10-25)14-28/h1-7H,8-14H2/q+1. The number of carbonyl (C=O) groups is 1. The van der Waals surface area contributed by atoms with Gasteiger partial charge in [0.1, 0.15) is 37.7 Å². The second-order valence-corrected chi connectivity index (χ2v) is 9.35. The van der Waals surface area contributed by atoms with Crippen LogP contribution in [0, 0.1) is 0 Å². The Hall–Kier alpha value is -2.82. The van der Waals surface area contributed by atoms with E-state index in [9.17, 15) is 9.59 Å². The molecule has 0 radical (unpaired) electrons. The van der Waals surface area contributed by atoms with Crippen molar-refractivity contribution in [2.75, 3.05) is 40.0 Å². The van der Waals surface area contributed by atoms with Crippen molar-refractivity contribution in [2.24, 2.45) is 0 Å². The quantitative estimate of drug-likeness (QED) is 0.337. The van der Waals surface area contributed by atoms with Crippen molar-refractivity contribution >= 4 is 28.5 Å². The Labute approximate surface area is 188 Å². The summed E-state index contributed by atoms with van der Waals surface area (Å²) < 4.78 is 11.6. The van der Waals surface area contributed by atoms with Gasteiger partial charge in [0, 0.05) is 23.2 Å². The molecular formula is C22H21ClN5O4+. The normalized spacial score (nSPS) is 28.2. The molecule has 0 spiro atoms. The summed E-state index contributed by atoms with van der Waals surface area (Å²) in [4.78, 5) is 36.3. The zero-order valence-electron chi connectivity index (χ0n) is 17.2. The molecule has 2 aromatic heterocycles. The number of quaternary nitrogens is 1. The maximum absolute atomic E-state index is 12.6. The average molecular weight is 455 g/mol. The number of esters is 1. The molecule has 6 heterocycles. The Kier molecular flexibility index (Phi) is 4.56. The largest absolute Gasteiger partial charge is 0.422 e. The Morgan fingerprint density at radius 1 is 1.06 bits per heavy atom. The summed E-state index contributed by atoms with van der Waals surface area (Å²) in [5, 5.41) is 1.02. The zero-order chi connectivity index (χ0) is 21.9. The van der Waals surface area contributed by atoms with Crippen LogP contribution in [0.1, 0.15) is 15.9 Å². The van der Waals surface area contributed by atoms with E-state index in [4.69, 9.17) is 20.8 Å². The molecule has 1 aromatic carbocycles. The summed E-state index contributed by atoms with van der Waals surface area (Å²) in [5.41, 5.74) is 0.669. The van der Waals surface area contributed by atoms with E-state index in [1.165, 1.54) is 24.5 Å². The molecule has 4 aliphatic heterocycles. The third-order valence-electron chi connectivity index (χ3n) is 6.12. The van der Waals surface area contributed by atoms with Crippen molar-refractivity contribution in [1.29, 1.82) is 0 Å². The molecule has 4 saturated heterocycles. The lowest BCUT2D eigenvalue weighted by molar-refractivity contribution is -0.991. The van der Waals surface area contributed by atoms with Crippen molar-refractivity contribution in [3.05, 3.63) is 69.3 Å². The minimum Gasteiger partial charge on any atom is -0.422 e. The highest BCUT2D eigenvalue weighted by molar-refractivity contribution is 6.30. The first-order valence-electron chi connectivity index (χ1n) is 10.4. The van der Waals surface area contributed by atoms with Crippen molar-refractivity contribution < 1.29 is 18.4 Å². The van der Waals surface area contributed by atoms with E-state index in [0.717, 1.165) is 56.6 Å². The smallest absolute Gasteiger partial charge is 0.351 e. The van der Waals surface area contributed by atoms with Gasteiger partial charge in [-0.1, -0.05) is 11.6 Å². The topological polar surface area (TPSA) is 79.1 Å². The number of rotatable bonds is 4. The summed E-state index contributed by atoms with van der Waals surface area (Å²) in [6, 6.07) is 8.78. The number of benzene rings is 1. The number of aromatic nitrogens is 1. The van der Waals surface area contributed by atoms with Crippen LogP contribution in [-0.2, 0) is 6.54 Å². The molecule has 0 unspecified atom stereocenters. The van der Waals surface area contributed by atoms with Crippen LogP contribution in [0.3, 0.4) is 0 Å². The number of fused-ring (bicyclic) bond motifs is 1. The highest BCUT2D eigenvalue weighted by Crippen LogP contribution is 2.31. The van der Waals surface area contributed by atoms with E-state index in [1.807, 2.05) is 12.1 Å².